The molecule has 6 heterocycles. The van der Waals surface area contributed by atoms with Crippen molar-refractivity contribution in [3.8, 4) is 28.5 Å². The zero-order chi connectivity index (χ0) is 20.9. The first-order chi connectivity index (χ1) is 15.2. The molecule has 0 saturated heterocycles. The highest BCUT2D eigenvalue weighted by Crippen LogP contribution is 2.32. The summed E-state index contributed by atoms with van der Waals surface area (Å²) in [4.78, 5) is 21.0. The zero-order valence-electron chi connectivity index (χ0n) is 16.5. The summed E-state index contributed by atoms with van der Waals surface area (Å²) in [6, 6.07) is 7.86. The van der Waals surface area contributed by atoms with E-state index < -0.39 is 0 Å². The monoisotopic (exact) mass is 407 g/mol. The highest BCUT2D eigenvalue weighted by molar-refractivity contribution is 5.98. The molecule has 0 saturated carbocycles. The van der Waals surface area contributed by atoms with Crippen molar-refractivity contribution in [2.75, 3.05) is 5.73 Å². The van der Waals surface area contributed by atoms with Gasteiger partial charge < -0.3 is 10.7 Å². The Labute approximate surface area is 176 Å². The maximum Gasteiger partial charge on any atom is 0.147 e. The molecule has 4 N–H and O–H groups in total. The lowest BCUT2D eigenvalue weighted by atomic mass is 10.1. The number of rotatable bonds is 3. The van der Waals surface area contributed by atoms with Crippen LogP contribution in [-0.4, -0.2) is 39.7 Å². The molecule has 6 rings (SSSR count). The van der Waals surface area contributed by atoms with Gasteiger partial charge in [-0.15, -0.1) is 0 Å². The van der Waals surface area contributed by atoms with Crippen molar-refractivity contribution in [2.45, 2.75) is 6.92 Å². The number of H-pyrrole nitrogens is 2. The number of fused-ring (bicyclic) bond motifs is 2. The van der Waals surface area contributed by atoms with Crippen LogP contribution in [-0.2, 0) is 0 Å². The number of pyridine rings is 3. The minimum Gasteiger partial charge on any atom is -0.397 e. The number of anilines is 1. The molecule has 0 bridgehead atoms. The molecule has 0 atom stereocenters. The van der Waals surface area contributed by atoms with Crippen LogP contribution in [0.4, 0.5) is 5.69 Å². The predicted octanol–water partition coefficient (Wildman–Crippen LogP) is 3.64. The summed E-state index contributed by atoms with van der Waals surface area (Å²) in [7, 11) is 0. The van der Waals surface area contributed by atoms with Gasteiger partial charge in [-0.05, 0) is 31.2 Å². The van der Waals surface area contributed by atoms with Crippen molar-refractivity contribution in [3.63, 3.8) is 0 Å². The molecule has 0 aromatic carbocycles. The number of nitrogen functional groups attached to an aromatic ring is 1. The van der Waals surface area contributed by atoms with E-state index in [1.165, 1.54) is 0 Å². The first-order valence-corrected chi connectivity index (χ1v) is 9.70. The van der Waals surface area contributed by atoms with Crippen LogP contribution < -0.4 is 5.73 Å². The lowest BCUT2D eigenvalue weighted by Crippen LogP contribution is -1.94. The van der Waals surface area contributed by atoms with Crippen molar-refractivity contribution >= 4 is 27.5 Å². The number of nitrogens with zero attached hydrogens (tertiary/aromatic N) is 6. The second-order valence-corrected chi connectivity index (χ2v) is 7.40. The number of nitrogens with one attached hydrogen (secondary N) is 2. The summed E-state index contributed by atoms with van der Waals surface area (Å²) in [6.45, 7) is 1.95. The van der Waals surface area contributed by atoms with Gasteiger partial charge >= 0.3 is 0 Å². The number of aromatic amines is 2. The summed E-state index contributed by atoms with van der Waals surface area (Å²) in [5.74, 6) is 0.814. The van der Waals surface area contributed by atoms with Gasteiger partial charge in [0.2, 0.25) is 0 Å². The molecule has 0 amide bonds. The lowest BCUT2D eigenvalue weighted by Gasteiger charge is -2.02. The highest BCUT2D eigenvalue weighted by Gasteiger charge is 2.15. The van der Waals surface area contributed by atoms with Gasteiger partial charge in [0.15, 0.2) is 0 Å². The summed E-state index contributed by atoms with van der Waals surface area (Å²) in [5.41, 5.74) is 12.6. The molecule has 0 aliphatic rings. The number of aromatic nitrogens is 8. The predicted molar refractivity (Wildman–Crippen MR) is 118 cm³/mol. The summed E-state index contributed by atoms with van der Waals surface area (Å²) < 4.78 is 1.92. The van der Waals surface area contributed by atoms with E-state index in [1.54, 1.807) is 31.1 Å². The Bertz CT molecular complexity index is 1570. The Morgan fingerprint density at radius 3 is 2.74 bits per heavy atom. The van der Waals surface area contributed by atoms with E-state index in [1.807, 2.05) is 35.9 Å². The maximum atomic E-state index is 5.89. The van der Waals surface area contributed by atoms with Crippen LogP contribution in [0.2, 0.25) is 0 Å². The largest absolute Gasteiger partial charge is 0.397 e. The van der Waals surface area contributed by atoms with Gasteiger partial charge in [0.1, 0.15) is 17.8 Å². The van der Waals surface area contributed by atoms with E-state index in [2.05, 4.69) is 41.2 Å². The molecule has 0 spiro atoms. The van der Waals surface area contributed by atoms with Crippen LogP contribution in [0.25, 0.3) is 50.3 Å². The first kappa shape index (κ1) is 17.3. The second kappa shape index (κ2) is 6.49. The lowest BCUT2D eigenvalue weighted by molar-refractivity contribution is 1.01. The Morgan fingerprint density at radius 1 is 0.968 bits per heavy atom. The van der Waals surface area contributed by atoms with Crippen molar-refractivity contribution < 1.29 is 0 Å². The molecule has 0 unspecified atom stereocenters. The van der Waals surface area contributed by atoms with Gasteiger partial charge in [-0.2, -0.15) is 5.10 Å². The summed E-state index contributed by atoms with van der Waals surface area (Å²) in [6.07, 6.45) is 10.6. The van der Waals surface area contributed by atoms with E-state index in [0.29, 0.717) is 5.69 Å². The molecular formula is C22H17N9. The van der Waals surface area contributed by atoms with Crippen LogP contribution in [0.15, 0.2) is 61.6 Å². The number of hydrogen-bond acceptors (Lipinski definition) is 6. The van der Waals surface area contributed by atoms with Gasteiger partial charge in [-0.25, -0.2) is 9.97 Å². The first-order valence-electron chi connectivity index (χ1n) is 9.70. The number of imidazole rings is 1. The standard InChI is InChI=1S/C22H17N9/c1-12-10-31(11-27-12)22-16-6-19(28-17(16)2-3-25-22)21-15-5-18(26-9-20(15)29-30-21)13-4-14(23)8-24-7-13/h2-11,28H,23H2,1H3,(H,29,30). The fourth-order valence-corrected chi connectivity index (χ4v) is 3.79. The van der Waals surface area contributed by atoms with Gasteiger partial charge in [-0.1, -0.05) is 0 Å². The Balaban J connectivity index is 1.51. The minimum absolute atomic E-state index is 0.595. The highest BCUT2D eigenvalue weighted by atomic mass is 15.1. The maximum absolute atomic E-state index is 5.89. The normalized spacial score (nSPS) is 11.5. The summed E-state index contributed by atoms with van der Waals surface area (Å²) >= 11 is 0. The molecule has 0 aliphatic carbocycles. The van der Waals surface area contributed by atoms with Gasteiger partial charge in [0.25, 0.3) is 0 Å². The van der Waals surface area contributed by atoms with Crippen LogP contribution in [0, 0.1) is 6.92 Å². The Hall–Kier alpha value is -4.53. The van der Waals surface area contributed by atoms with Crippen LogP contribution >= 0.6 is 0 Å². The van der Waals surface area contributed by atoms with E-state index in [0.717, 1.165) is 56.0 Å². The molecule has 31 heavy (non-hydrogen) atoms. The molecule has 6 aromatic rings. The third-order valence-corrected chi connectivity index (χ3v) is 5.24. The molecule has 0 aliphatic heterocycles. The Kier molecular flexibility index (Phi) is 3.63. The van der Waals surface area contributed by atoms with E-state index >= 15 is 0 Å². The minimum atomic E-state index is 0.595. The van der Waals surface area contributed by atoms with Crippen LogP contribution in [0.1, 0.15) is 5.69 Å². The number of nitrogens with two attached hydrogens (primary N) is 1. The smallest absolute Gasteiger partial charge is 0.147 e. The molecule has 9 heteroatoms. The topological polar surface area (TPSA) is 127 Å². The quantitative estimate of drug-likeness (QED) is 0.411. The van der Waals surface area contributed by atoms with Gasteiger partial charge in [0, 0.05) is 41.1 Å². The van der Waals surface area contributed by atoms with Gasteiger partial charge in [0.05, 0.1) is 40.0 Å². The van der Waals surface area contributed by atoms with E-state index in [4.69, 9.17) is 5.73 Å². The van der Waals surface area contributed by atoms with Crippen molar-refractivity contribution in [1.82, 2.24) is 39.7 Å². The third kappa shape index (κ3) is 2.83. The van der Waals surface area contributed by atoms with E-state index in [9.17, 15) is 0 Å². The average Bonchev–Trinajstić information content (AvgIpc) is 3.50. The molecule has 9 nitrogen and oxygen atoms in total. The molecule has 0 radical (unpaired) electrons. The molecule has 6 aromatic heterocycles. The third-order valence-electron chi connectivity index (χ3n) is 5.24. The fraction of sp³-hybridized carbons (Fsp3) is 0.0455. The zero-order valence-corrected chi connectivity index (χ0v) is 16.5. The fourth-order valence-electron chi connectivity index (χ4n) is 3.79. The molecule has 150 valence electrons. The second-order valence-electron chi connectivity index (χ2n) is 7.40. The molecule has 0 fully saturated rings. The molecular weight excluding hydrogens is 390 g/mol. The Morgan fingerprint density at radius 2 is 1.90 bits per heavy atom. The van der Waals surface area contributed by atoms with Crippen molar-refractivity contribution in [3.05, 3.63) is 67.3 Å². The van der Waals surface area contributed by atoms with Crippen molar-refractivity contribution in [1.29, 1.82) is 0 Å². The number of hydrogen-bond donors (Lipinski definition) is 3. The van der Waals surface area contributed by atoms with E-state index in [-0.39, 0.29) is 0 Å². The van der Waals surface area contributed by atoms with Crippen LogP contribution in [0.5, 0.6) is 0 Å². The van der Waals surface area contributed by atoms with Crippen molar-refractivity contribution in [2.24, 2.45) is 0 Å². The van der Waals surface area contributed by atoms with Crippen LogP contribution in [0.3, 0.4) is 0 Å². The average molecular weight is 407 g/mol. The summed E-state index contributed by atoms with van der Waals surface area (Å²) in [5, 5.41) is 9.55. The SMILES string of the molecule is Cc1cn(-c2nccc3[nH]c(-c4n[nH]c5cnc(-c6cncc(N)c6)cc45)cc23)cn1. The number of aryl methyl sites for hydroxylation is 1. The van der Waals surface area contributed by atoms with Gasteiger partial charge in [-0.3, -0.25) is 19.6 Å².